The number of aliphatic hydroxyl groups excluding tert-OH is 1. The van der Waals surface area contributed by atoms with Crippen molar-refractivity contribution in [2.75, 3.05) is 37.7 Å². The van der Waals surface area contributed by atoms with Gasteiger partial charge < -0.3 is 14.9 Å². The molecule has 3 heterocycles. The second-order valence-electron chi connectivity index (χ2n) is 6.93. The second kappa shape index (κ2) is 6.43. The summed E-state index contributed by atoms with van der Waals surface area (Å²) in [6.45, 7) is 7.35. The van der Waals surface area contributed by atoms with E-state index in [1.165, 1.54) is 0 Å². The molecule has 1 spiro atoms. The average Bonchev–Trinajstić information content (AvgIpc) is 2.55. The van der Waals surface area contributed by atoms with E-state index in [0.29, 0.717) is 13.0 Å². The van der Waals surface area contributed by atoms with Crippen molar-refractivity contribution < 1.29 is 9.90 Å². The first-order chi connectivity index (χ1) is 11.0. The van der Waals surface area contributed by atoms with Crippen molar-refractivity contribution >= 4 is 11.7 Å². The highest BCUT2D eigenvalue weighted by Gasteiger charge is 2.41. The molecule has 0 bridgehead atoms. The van der Waals surface area contributed by atoms with Crippen LogP contribution in [0.1, 0.15) is 36.9 Å². The molecule has 0 aromatic carbocycles. The SMILES string of the molecule is Cc1ncnc(N2CCC3(CCC(=O)N(CCO)C3)CC2)c1C. The highest BCUT2D eigenvalue weighted by molar-refractivity contribution is 5.77. The van der Waals surface area contributed by atoms with Gasteiger partial charge in [-0.2, -0.15) is 0 Å². The van der Waals surface area contributed by atoms with Gasteiger partial charge in [0.2, 0.25) is 5.91 Å². The Hall–Kier alpha value is -1.69. The topological polar surface area (TPSA) is 69.6 Å². The third-order valence-electron chi connectivity index (χ3n) is 5.55. The van der Waals surface area contributed by atoms with Gasteiger partial charge in [0.05, 0.1) is 6.61 Å². The van der Waals surface area contributed by atoms with Crippen LogP contribution in [0.2, 0.25) is 0 Å². The number of nitrogens with zero attached hydrogens (tertiary/aromatic N) is 4. The van der Waals surface area contributed by atoms with Gasteiger partial charge in [-0.1, -0.05) is 0 Å². The zero-order valence-corrected chi connectivity index (χ0v) is 14.1. The molecule has 23 heavy (non-hydrogen) atoms. The van der Waals surface area contributed by atoms with E-state index in [1.807, 2.05) is 11.8 Å². The molecule has 1 amide bonds. The molecular formula is C17H26N4O2. The van der Waals surface area contributed by atoms with E-state index in [9.17, 15) is 4.79 Å². The molecule has 0 unspecified atom stereocenters. The van der Waals surface area contributed by atoms with Crippen molar-refractivity contribution in [1.82, 2.24) is 14.9 Å². The predicted molar refractivity (Wildman–Crippen MR) is 88.3 cm³/mol. The number of amides is 1. The number of aryl methyl sites for hydroxylation is 1. The van der Waals surface area contributed by atoms with E-state index >= 15 is 0 Å². The summed E-state index contributed by atoms with van der Waals surface area (Å²) in [5.74, 6) is 1.24. The maximum atomic E-state index is 12.0. The van der Waals surface area contributed by atoms with Gasteiger partial charge in [0.15, 0.2) is 0 Å². The van der Waals surface area contributed by atoms with Crippen LogP contribution in [0.5, 0.6) is 0 Å². The molecule has 1 aromatic rings. The van der Waals surface area contributed by atoms with Crippen LogP contribution in [0, 0.1) is 19.3 Å². The van der Waals surface area contributed by atoms with Crippen LogP contribution in [0.25, 0.3) is 0 Å². The summed E-state index contributed by atoms with van der Waals surface area (Å²) in [5, 5.41) is 9.15. The maximum absolute atomic E-state index is 12.0. The number of carbonyl (C=O) groups is 1. The fourth-order valence-electron chi connectivity index (χ4n) is 3.87. The smallest absolute Gasteiger partial charge is 0.222 e. The lowest BCUT2D eigenvalue weighted by Crippen LogP contribution is -2.52. The van der Waals surface area contributed by atoms with Crippen molar-refractivity contribution in [1.29, 1.82) is 0 Å². The Bertz CT molecular complexity index is 582. The summed E-state index contributed by atoms with van der Waals surface area (Å²) in [5.41, 5.74) is 2.41. The van der Waals surface area contributed by atoms with Crippen LogP contribution >= 0.6 is 0 Å². The van der Waals surface area contributed by atoms with Gasteiger partial charge in [-0.05, 0) is 38.5 Å². The third kappa shape index (κ3) is 3.17. The predicted octanol–water partition coefficient (Wildman–Crippen LogP) is 1.29. The molecule has 3 rings (SSSR count). The van der Waals surface area contributed by atoms with Crippen molar-refractivity contribution in [3.05, 3.63) is 17.6 Å². The largest absolute Gasteiger partial charge is 0.395 e. The monoisotopic (exact) mass is 318 g/mol. The number of hydrogen-bond donors (Lipinski definition) is 1. The summed E-state index contributed by atoms with van der Waals surface area (Å²) in [6.07, 6.45) is 5.38. The normalized spacial score (nSPS) is 21.1. The Morgan fingerprint density at radius 1 is 1.22 bits per heavy atom. The molecule has 1 aromatic heterocycles. The van der Waals surface area contributed by atoms with E-state index < -0.39 is 0 Å². The minimum Gasteiger partial charge on any atom is -0.395 e. The molecule has 6 heteroatoms. The van der Waals surface area contributed by atoms with Crippen LogP contribution in [0.15, 0.2) is 6.33 Å². The molecule has 0 saturated carbocycles. The molecule has 126 valence electrons. The standard InChI is InChI=1S/C17H26N4O2/c1-13-14(2)18-12-19-16(13)20-7-5-17(6-8-20)4-3-15(23)21(11-17)9-10-22/h12,22H,3-11H2,1-2H3. The average molecular weight is 318 g/mol. The van der Waals surface area contributed by atoms with Crippen molar-refractivity contribution in [3.63, 3.8) is 0 Å². The molecule has 1 N–H and O–H groups in total. The van der Waals surface area contributed by atoms with Gasteiger partial charge >= 0.3 is 0 Å². The van der Waals surface area contributed by atoms with Crippen molar-refractivity contribution in [2.24, 2.45) is 5.41 Å². The Morgan fingerprint density at radius 2 is 1.96 bits per heavy atom. The quantitative estimate of drug-likeness (QED) is 0.909. The first-order valence-electron chi connectivity index (χ1n) is 8.46. The van der Waals surface area contributed by atoms with Crippen LogP contribution in [0.3, 0.4) is 0 Å². The summed E-state index contributed by atoms with van der Waals surface area (Å²) in [7, 11) is 0. The van der Waals surface area contributed by atoms with Gasteiger partial charge in [-0.3, -0.25) is 4.79 Å². The summed E-state index contributed by atoms with van der Waals surface area (Å²) in [6, 6.07) is 0. The van der Waals surface area contributed by atoms with Crippen molar-refractivity contribution in [2.45, 2.75) is 39.5 Å². The number of aliphatic hydroxyl groups is 1. The highest BCUT2D eigenvalue weighted by Crippen LogP contribution is 2.41. The van der Waals surface area contributed by atoms with E-state index in [0.717, 1.165) is 56.0 Å². The molecule has 2 aliphatic rings. The lowest BCUT2D eigenvalue weighted by atomic mass is 9.72. The summed E-state index contributed by atoms with van der Waals surface area (Å²) in [4.78, 5) is 24.9. The molecule has 2 saturated heterocycles. The van der Waals surface area contributed by atoms with Gasteiger partial charge in [0.1, 0.15) is 12.1 Å². The van der Waals surface area contributed by atoms with Gasteiger partial charge in [-0.25, -0.2) is 9.97 Å². The number of rotatable bonds is 3. The van der Waals surface area contributed by atoms with Crippen LogP contribution < -0.4 is 4.90 Å². The number of β-amino-alcohol motifs (C(OH)–C–C–N with tert-alkyl or cyclic N) is 1. The number of piperidine rings is 2. The number of anilines is 1. The Labute approximate surface area is 137 Å². The third-order valence-corrected chi connectivity index (χ3v) is 5.55. The molecule has 0 aliphatic carbocycles. The number of carbonyl (C=O) groups excluding carboxylic acids is 1. The molecule has 2 aliphatic heterocycles. The number of aromatic nitrogens is 2. The fraction of sp³-hybridized carbons (Fsp3) is 0.706. The Morgan fingerprint density at radius 3 is 2.65 bits per heavy atom. The van der Waals surface area contributed by atoms with Crippen molar-refractivity contribution in [3.8, 4) is 0 Å². The second-order valence-corrected chi connectivity index (χ2v) is 6.93. The van der Waals surface area contributed by atoms with Crippen LogP contribution in [0.4, 0.5) is 5.82 Å². The lowest BCUT2D eigenvalue weighted by molar-refractivity contribution is -0.138. The van der Waals surface area contributed by atoms with Gasteiger partial charge in [-0.15, -0.1) is 0 Å². The fourth-order valence-corrected chi connectivity index (χ4v) is 3.87. The summed E-state index contributed by atoms with van der Waals surface area (Å²) >= 11 is 0. The molecule has 0 atom stereocenters. The van der Waals surface area contributed by atoms with E-state index in [1.54, 1.807) is 6.33 Å². The van der Waals surface area contributed by atoms with Gasteiger partial charge in [0.25, 0.3) is 0 Å². The lowest BCUT2D eigenvalue weighted by Gasteiger charge is -2.47. The molecule has 2 fully saturated rings. The highest BCUT2D eigenvalue weighted by atomic mass is 16.3. The van der Waals surface area contributed by atoms with Crippen LogP contribution in [-0.2, 0) is 4.79 Å². The first kappa shape index (κ1) is 16.2. The molecule has 0 radical (unpaired) electrons. The van der Waals surface area contributed by atoms with E-state index in [2.05, 4.69) is 21.8 Å². The Kier molecular flexibility index (Phi) is 4.53. The first-order valence-corrected chi connectivity index (χ1v) is 8.46. The van der Waals surface area contributed by atoms with E-state index in [4.69, 9.17) is 5.11 Å². The zero-order valence-electron chi connectivity index (χ0n) is 14.1. The number of hydrogen-bond acceptors (Lipinski definition) is 5. The molecule has 6 nitrogen and oxygen atoms in total. The maximum Gasteiger partial charge on any atom is 0.222 e. The van der Waals surface area contributed by atoms with Gasteiger partial charge in [0, 0.05) is 43.9 Å². The van der Waals surface area contributed by atoms with E-state index in [-0.39, 0.29) is 17.9 Å². The minimum absolute atomic E-state index is 0.0490. The van der Waals surface area contributed by atoms with Crippen LogP contribution in [-0.4, -0.2) is 58.7 Å². The molecular weight excluding hydrogens is 292 g/mol. The summed E-state index contributed by atoms with van der Waals surface area (Å²) < 4.78 is 0. The Balaban J connectivity index is 1.68. The zero-order chi connectivity index (χ0) is 16.4. The number of likely N-dealkylation sites (tertiary alicyclic amines) is 1. The minimum atomic E-state index is 0.0490.